The molecule has 1 atom stereocenters. The monoisotopic (exact) mass is 344 g/mol. The van der Waals surface area contributed by atoms with Gasteiger partial charge in [0.15, 0.2) is 6.61 Å². The first-order valence-electron chi connectivity index (χ1n) is 8.10. The van der Waals surface area contributed by atoms with Crippen molar-refractivity contribution in [1.29, 1.82) is 5.26 Å². The molecule has 0 saturated heterocycles. The van der Waals surface area contributed by atoms with Crippen LogP contribution in [-0.2, 0) is 14.3 Å². The third kappa shape index (κ3) is 6.68. The van der Waals surface area contributed by atoms with Crippen LogP contribution >= 0.6 is 0 Å². The number of hydrogen-bond donors (Lipinski definition) is 1. The summed E-state index contributed by atoms with van der Waals surface area (Å²) in [5.41, 5.74) is -0.191. The average molecular weight is 344 g/mol. The van der Waals surface area contributed by atoms with Crippen molar-refractivity contribution < 1.29 is 19.1 Å². The van der Waals surface area contributed by atoms with E-state index in [2.05, 4.69) is 11.4 Å². The molecule has 25 heavy (non-hydrogen) atoms. The fourth-order valence-electron chi connectivity index (χ4n) is 1.82. The molecule has 0 spiro atoms. The van der Waals surface area contributed by atoms with Crippen molar-refractivity contribution in [2.24, 2.45) is 5.92 Å². The molecule has 0 aliphatic rings. The number of nitrogens with one attached hydrogen (secondary N) is 1. The van der Waals surface area contributed by atoms with E-state index in [1.54, 1.807) is 25.1 Å². The Labute approximate surface area is 148 Å². The lowest BCUT2D eigenvalue weighted by atomic mass is 9.90. The molecule has 1 rings (SSSR count). The minimum absolute atomic E-state index is 0.0725. The highest BCUT2D eigenvalue weighted by atomic mass is 16.5. The topological polar surface area (TPSA) is 88.4 Å². The van der Waals surface area contributed by atoms with Crippen LogP contribution in [-0.4, -0.2) is 30.6 Å². The molecule has 6 nitrogen and oxygen atoms in total. The summed E-state index contributed by atoms with van der Waals surface area (Å²) in [5, 5.41) is 11.7. The minimum Gasteiger partial charge on any atom is -0.494 e. The number of carbonyl (C=O) groups excluding carboxylic acids is 2. The van der Waals surface area contributed by atoms with E-state index in [1.165, 1.54) is 6.08 Å². The summed E-state index contributed by atoms with van der Waals surface area (Å²) < 4.78 is 10.2. The van der Waals surface area contributed by atoms with Gasteiger partial charge >= 0.3 is 5.97 Å². The van der Waals surface area contributed by atoms with Crippen molar-refractivity contribution >= 4 is 18.0 Å². The Hall–Kier alpha value is -2.81. The first-order valence-corrected chi connectivity index (χ1v) is 8.10. The summed E-state index contributed by atoms with van der Waals surface area (Å²) in [5.74, 6) is -0.464. The van der Waals surface area contributed by atoms with Crippen LogP contribution in [0.2, 0.25) is 0 Å². The van der Waals surface area contributed by atoms with Crippen molar-refractivity contribution in [1.82, 2.24) is 5.32 Å². The largest absolute Gasteiger partial charge is 0.494 e. The highest BCUT2D eigenvalue weighted by molar-refractivity contribution is 5.89. The van der Waals surface area contributed by atoms with Crippen molar-refractivity contribution in [2.75, 3.05) is 13.2 Å². The molecule has 0 aromatic heterocycles. The Morgan fingerprint density at radius 3 is 2.48 bits per heavy atom. The van der Waals surface area contributed by atoms with E-state index in [-0.39, 0.29) is 5.92 Å². The zero-order chi connectivity index (χ0) is 18.9. The van der Waals surface area contributed by atoms with E-state index in [9.17, 15) is 9.59 Å². The Bertz CT molecular complexity index is 659. The van der Waals surface area contributed by atoms with Gasteiger partial charge in [-0.25, -0.2) is 4.79 Å². The molecule has 134 valence electrons. The number of rotatable bonds is 8. The number of nitriles is 1. The molecule has 0 aliphatic heterocycles. The van der Waals surface area contributed by atoms with Crippen molar-refractivity contribution in [3.63, 3.8) is 0 Å². The van der Waals surface area contributed by atoms with Crippen LogP contribution in [0.15, 0.2) is 30.3 Å². The molecule has 0 bridgehead atoms. The summed E-state index contributed by atoms with van der Waals surface area (Å²) in [7, 11) is 0. The van der Waals surface area contributed by atoms with Gasteiger partial charge in [0.1, 0.15) is 11.3 Å². The fraction of sp³-hybridized carbons (Fsp3) is 0.421. The van der Waals surface area contributed by atoms with E-state index in [0.717, 1.165) is 11.3 Å². The minimum atomic E-state index is -0.998. The van der Waals surface area contributed by atoms with Gasteiger partial charge in [0.25, 0.3) is 5.91 Å². The number of esters is 1. The van der Waals surface area contributed by atoms with E-state index in [4.69, 9.17) is 14.7 Å². The summed E-state index contributed by atoms with van der Waals surface area (Å²) in [6.45, 7) is 7.34. The molecule has 1 aromatic rings. The second kappa shape index (κ2) is 9.48. The standard InChI is InChI=1S/C19H24N2O4/c1-5-24-16-9-6-15(7-10-16)8-11-18(23)25-12-17(22)21-19(4,13-20)14(2)3/h6-11,14H,5,12H2,1-4H3,(H,21,22)/b11-8+. The lowest BCUT2D eigenvalue weighted by molar-refractivity contribution is -0.144. The number of hydrogen-bond acceptors (Lipinski definition) is 5. The van der Waals surface area contributed by atoms with Gasteiger partial charge in [-0.05, 0) is 43.5 Å². The molecule has 1 amide bonds. The SMILES string of the molecule is CCOc1ccc(/C=C/C(=O)OCC(=O)NC(C)(C#N)C(C)C)cc1. The summed E-state index contributed by atoms with van der Waals surface area (Å²) in [4.78, 5) is 23.5. The number of benzene rings is 1. The summed E-state index contributed by atoms with van der Waals surface area (Å²) >= 11 is 0. The number of nitrogens with zero attached hydrogens (tertiary/aromatic N) is 1. The highest BCUT2D eigenvalue weighted by Crippen LogP contribution is 2.15. The first-order chi connectivity index (χ1) is 11.8. The third-order valence-electron chi connectivity index (χ3n) is 3.73. The maximum Gasteiger partial charge on any atom is 0.331 e. The van der Waals surface area contributed by atoms with E-state index in [0.29, 0.717) is 6.61 Å². The van der Waals surface area contributed by atoms with Crippen LogP contribution in [0.25, 0.3) is 6.08 Å². The Morgan fingerprint density at radius 1 is 1.32 bits per heavy atom. The molecule has 1 unspecified atom stereocenters. The molecular weight excluding hydrogens is 320 g/mol. The second-order valence-electron chi connectivity index (χ2n) is 5.96. The average Bonchev–Trinajstić information content (AvgIpc) is 2.59. The maximum atomic E-state index is 11.8. The molecule has 1 aromatic carbocycles. The third-order valence-corrected chi connectivity index (χ3v) is 3.73. The van der Waals surface area contributed by atoms with Crippen LogP contribution in [0.5, 0.6) is 5.75 Å². The van der Waals surface area contributed by atoms with Gasteiger partial charge in [-0.15, -0.1) is 0 Å². The molecule has 0 aliphatic carbocycles. The lowest BCUT2D eigenvalue weighted by Gasteiger charge is -2.27. The van der Waals surface area contributed by atoms with Crippen LogP contribution < -0.4 is 10.1 Å². The Kier molecular flexibility index (Phi) is 7.67. The second-order valence-corrected chi connectivity index (χ2v) is 5.96. The zero-order valence-electron chi connectivity index (χ0n) is 15.0. The van der Waals surface area contributed by atoms with Gasteiger partial charge in [-0.3, -0.25) is 4.79 Å². The van der Waals surface area contributed by atoms with Crippen molar-refractivity contribution in [3.05, 3.63) is 35.9 Å². The van der Waals surface area contributed by atoms with Gasteiger partial charge in [-0.1, -0.05) is 26.0 Å². The van der Waals surface area contributed by atoms with E-state index < -0.39 is 24.0 Å². The van der Waals surface area contributed by atoms with E-state index in [1.807, 2.05) is 32.9 Å². The summed E-state index contributed by atoms with van der Waals surface area (Å²) in [6, 6.07) is 9.28. The van der Waals surface area contributed by atoms with Gasteiger partial charge < -0.3 is 14.8 Å². The van der Waals surface area contributed by atoms with Gasteiger partial charge in [0, 0.05) is 6.08 Å². The Balaban J connectivity index is 2.49. The molecule has 0 heterocycles. The van der Waals surface area contributed by atoms with Crippen molar-refractivity contribution in [3.8, 4) is 11.8 Å². The molecule has 0 saturated carbocycles. The van der Waals surface area contributed by atoms with Crippen LogP contribution in [0, 0.1) is 17.2 Å². The predicted octanol–water partition coefficient (Wildman–Crippen LogP) is 2.70. The lowest BCUT2D eigenvalue weighted by Crippen LogP contribution is -2.50. The van der Waals surface area contributed by atoms with Gasteiger partial charge in [0.2, 0.25) is 0 Å². The van der Waals surface area contributed by atoms with E-state index >= 15 is 0 Å². The van der Waals surface area contributed by atoms with Crippen LogP contribution in [0.4, 0.5) is 0 Å². The Morgan fingerprint density at radius 2 is 1.96 bits per heavy atom. The molecular formula is C19H24N2O4. The molecule has 0 fully saturated rings. The quantitative estimate of drug-likeness (QED) is 0.578. The number of amides is 1. The number of carbonyl (C=O) groups is 2. The van der Waals surface area contributed by atoms with Gasteiger partial charge in [0.05, 0.1) is 12.7 Å². The van der Waals surface area contributed by atoms with Crippen LogP contribution in [0.1, 0.15) is 33.3 Å². The normalized spacial score (nSPS) is 13.1. The zero-order valence-corrected chi connectivity index (χ0v) is 15.0. The molecule has 0 radical (unpaired) electrons. The van der Waals surface area contributed by atoms with Gasteiger partial charge in [-0.2, -0.15) is 5.26 Å². The highest BCUT2D eigenvalue weighted by Gasteiger charge is 2.30. The molecule has 6 heteroatoms. The smallest absolute Gasteiger partial charge is 0.331 e. The summed E-state index contributed by atoms with van der Waals surface area (Å²) in [6.07, 6.45) is 2.83. The van der Waals surface area contributed by atoms with Crippen LogP contribution in [0.3, 0.4) is 0 Å². The number of ether oxygens (including phenoxy) is 2. The molecule has 1 N–H and O–H groups in total. The fourth-order valence-corrected chi connectivity index (χ4v) is 1.82. The first kappa shape index (κ1) is 20.2. The maximum absolute atomic E-state index is 11.8. The predicted molar refractivity (Wildman–Crippen MR) is 94.6 cm³/mol. The van der Waals surface area contributed by atoms with Crippen molar-refractivity contribution in [2.45, 2.75) is 33.2 Å².